The van der Waals surface area contributed by atoms with Gasteiger partial charge in [0.05, 0.1) is 0 Å². The summed E-state index contributed by atoms with van der Waals surface area (Å²) < 4.78 is 19.3. The second kappa shape index (κ2) is 7.58. The fourth-order valence-electron chi connectivity index (χ4n) is 2.84. The Morgan fingerprint density at radius 1 is 1.50 bits per heavy atom. The van der Waals surface area contributed by atoms with E-state index in [1.807, 2.05) is 18.7 Å². The summed E-state index contributed by atoms with van der Waals surface area (Å²) in [4.78, 5) is 14.5. The molecule has 0 aromatic heterocycles. The number of hydrogen-bond donors (Lipinski definition) is 1. The summed E-state index contributed by atoms with van der Waals surface area (Å²) in [6.07, 6.45) is 1.86. The molecule has 5 heteroatoms. The zero-order valence-corrected chi connectivity index (χ0v) is 13.3. The Bertz CT molecular complexity index is 507. The van der Waals surface area contributed by atoms with Crippen molar-refractivity contribution in [2.45, 2.75) is 45.3 Å². The minimum atomic E-state index is -0.649. The van der Waals surface area contributed by atoms with Gasteiger partial charge < -0.3 is 15.4 Å². The second-order valence-electron chi connectivity index (χ2n) is 5.99. The van der Waals surface area contributed by atoms with E-state index in [1.165, 1.54) is 6.07 Å². The van der Waals surface area contributed by atoms with Crippen molar-refractivity contribution in [3.05, 3.63) is 30.1 Å². The highest BCUT2D eigenvalue weighted by atomic mass is 19.1. The molecule has 1 aliphatic heterocycles. The quantitative estimate of drug-likeness (QED) is 0.909. The van der Waals surface area contributed by atoms with Crippen molar-refractivity contribution in [2.24, 2.45) is 11.7 Å². The topological polar surface area (TPSA) is 55.6 Å². The van der Waals surface area contributed by atoms with Crippen LogP contribution in [0, 0.1) is 11.7 Å². The van der Waals surface area contributed by atoms with Gasteiger partial charge in [0, 0.05) is 19.1 Å². The van der Waals surface area contributed by atoms with Gasteiger partial charge in [0.15, 0.2) is 17.7 Å². The van der Waals surface area contributed by atoms with Crippen LogP contribution in [-0.4, -0.2) is 36.0 Å². The smallest absolute Gasteiger partial charge is 0.263 e. The summed E-state index contributed by atoms with van der Waals surface area (Å²) in [7, 11) is 0. The lowest BCUT2D eigenvalue weighted by Crippen LogP contribution is -2.49. The molecule has 1 aromatic carbocycles. The Balaban J connectivity index is 2.04. The molecule has 0 bridgehead atoms. The molecule has 0 spiro atoms. The zero-order chi connectivity index (χ0) is 16.1. The third kappa shape index (κ3) is 3.97. The first-order valence-electron chi connectivity index (χ1n) is 7.98. The summed E-state index contributed by atoms with van der Waals surface area (Å²) in [6.45, 7) is 5.23. The van der Waals surface area contributed by atoms with E-state index >= 15 is 0 Å². The van der Waals surface area contributed by atoms with E-state index in [-0.39, 0.29) is 17.7 Å². The van der Waals surface area contributed by atoms with Crippen molar-refractivity contribution in [3.8, 4) is 5.75 Å². The fourth-order valence-corrected chi connectivity index (χ4v) is 2.84. The highest BCUT2D eigenvalue weighted by molar-refractivity contribution is 5.81. The van der Waals surface area contributed by atoms with E-state index in [0.717, 1.165) is 19.4 Å². The maximum absolute atomic E-state index is 13.7. The van der Waals surface area contributed by atoms with Gasteiger partial charge in [-0.05, 0) is 44.2 Å². The summed E-state index contributed by atoms with van der Waals surface area (Å²) in [5.41, 5.74) is 5.96. The van der Waals surface area contributed by atoms with Gasteiger partial charge >= 0.3 is 0 Å². The molecule has 0 saturated carbocycles. The number of carbonyl (C=O) groups excluding carboxylic acids is 1. The van der Waals surface area contributed by atoms with Crippen LogP contribution in [-0.2, 0) is 4.79 Å². The highest BCUT2D eigenvalue weighted by Gasteiger charge is 2.30. The average Bonchev–Trinajstić information content (AvgIpc) is 2.53. The second-order valence-corrected chi connectivity index (χ2v) is 5.99. The number of benzene rings is 1. The number of amides is 1. The van der Waals surface area contributed by atoms with Gasteiger partial charge in [0.2, 0.25) is 0 Å². The minimum Gasteiger partial charge on any atom is -0.478 e. The Kier molecular flexibility index (Phi) is 5.77. The number of piperidine rings is 1. The van der Waals surface area contributed by atoms with Crippen LogP contribution in [0.1, 0.15) is 33.1 Å². The van der Waals surface area contributed by atoms with Gasteiger partial charge in [-0.2, -0.15) is 0 Å². The fraction of sp³-hybridized carbons (Fsp3) is 0.588. The van der Waals surface area contributed by atoms with Crippen molar-refractivity contribution in [3.63, 3.8) is 0 Å². The van der Waals surface area contributed by atoms with Crippen LogP contribution < -0.4 is 10.5 Å². The number of likely N-dealkylation sites (tertiary alicyclic amines) is 1. The molecule has 1 fully saturated rings. The van der Waals surface area contributed by atoms with Gasteiger partial charge in [-0.25, -0.2) is 4.39 Å². The molecule has 1 saturated heterocycles. The third-order valence-corrected chi connectivity index (χ3v) is 4.27. The number of hydrogen-bond acceptors (Lipinski definition) is 3. The minimum absolute atomic E-state index is 0.0724. The molecule has 2 N–H and O–H groups in total. The molecule has 1 heterocycles. The van der Waals surface area contributed by atoms with E-state index in [9.17, 15) is 9.18 Å². The van der Waals surface area contributed by atoms with Crippen molar-refractivity contribution in [1.82, 2.24) is 4.90 Å². The molecule has 122 valence electrons. The lowest BCUT2D eigenvalue weighted by atomic mass is 9.92. The van der Waals surface area contributed by atoms with Crippen molar-refractivity contribution >= 4 is 5.91 Å². The molecule has 1 aliphatic rings. The van der Waals surface area contributed by atoms with Crippen LogP contribution >= 0.6 is 0 Å². The predicted molar refractivity (Wildman–Crippen MR) is 84.1 cm³/mol. The van der Waals surface area contributed by atoms with E-state index in [1.54, 1.807) is 18.2 Å². The van der Waals surface area contributed by atoms with E-state index < -0.39 is 11.9 Å². The molecule has 22 heavy (non-hydrogen) atoms. The van der Waals surface area contributed by atoms with Crippen LogP contribution in [0.5, 0.6) is 5.75 Å². The van der Waals surface area contributed by atoms with Crippen molar-refractivity contribution in [2.75, 3.05) is 13.1 Å². The lowest BCUT2D eigenvalue weighted by Gasteiger charge is -2.36. The molecular formula is C17H25FN2O2. The van der Waals surface area contributed by atoms with Crippen LogP contribution in [0.2, 0.25) is 0 Å². The summed E-state index contributed by atoms with van der Waals surface area (Å²) in [6, 6.07) is 6.25. The van der Waals surface area contributed by atoms with Gasteiger partial charge in [0.1, 0.15) is 0 Å². The Hall–Kier alpha value is -1.62. The monoisotopic (exact) mass is 308 g/mol. The number of ether oxygens (including phenoxy) is 1. The first-order valence-corrected chi connectivity index (χ1v) is 7.98. The highest BCUT2D eigenvalue weighted by Crippen LogP contribution is 2.22. The molecule has 0 aliphatic carbocycles. The van der Waals surface area contributed by atoms with Gasteiger partial charge in [-0.1, -0.05) is 19.1 Å². The SMILES string of the molecule is CC[C@H](Oc1ccccc1F)C(=O)N1CCC[C@H]([C@@H](C)N)C1. The molecule has 2 rings (SSSR count). The van der Waals surface area contributed by atoms with E-state index in [0.29, 0.717) is 18.9 Å². The number of para-hydroxylation sites is 1. The van der Waals surface area contributed by atoms with Crippen LogP contribution in [0.15, 0.2) is 24.3 Å². The summed E-state index contributed by atoms with van der Waals surface area (Å²) >= 11 is 0. The number of halogens is 1. The normalized spacial score (nSPS) is 21.3. The first kappa shape index (κ1) is 16.7. The molecule has 3 atom stereocenters. The predicted octanol–water partition coefficient (Wildman–Crippen LogP) is 2.57. The Labute approximate surface area is 131 Å². The molecule has 1 amide bonds. The Morgan fingerprint density at radius 3 is 2.86 bits per heavy atom. The van der Waals surface area contributed by atoms with Crippen molar-refractivity contribution < 1.29 is 13.9 Å². The van der Waals surface area contributed by atoms with Gasteiger partial charge in [-0.3, -0.25) is 4.79 Å². The molecule has 0 unspecified atom stereocenters. The molecule has 4 nitrogen and oxygen atoms in total. The van der Waals surface area contributed by atoms with Crippen LogP contribution in [0.4, 0.5) is 4.39 Å². The largest absolute Gasteiger partial charge is 0.478 e. The standard InChI is InChI=1S/C17H25FN2O2/c1-3-15(22-16-9-5-4-8-14(16)18)17(21)20-10-6-7-13(11-20)12(2)19/h4-5,8-9,12-13,15H,3,6-7,10-11,19H2,1-2H3/t12-,13+,15+/m1/s1. The number of rotatable bonds is 5. The maximum atomic E-state index is 13.7. The number of nitrogens with two attached hydrogens (primary N) is 1. The molecular weight excluding hydrogens is 283 g/mol. The van der Waals surface area contributed by atoms with Crippen LogP contribution in [0.25, 0.3) is 0 Å². The van der Waals surface area contributed by atoms with Crippen LogP contribution in [0.3, 0.4) is 0 Å². The maximum Gasteiger partial charge on any atom is 0.263 e. The molecule has 0 radical (unpaired) electrons. The third-order valence-electron chi connectivity index (χ3n) is 4.27. The van der Waals surface area contributed by atoms with Gasteiger partial charge in [-0.15, -0.1) is 0 Å². The van der Waals surface area contributed by atoms with E-state index in [2.05, 4.69) is 0 Å². The van der Waals surface area contributed by atoms with Crippen molar-refractivity contribution in [1.29, 1.82) is 0 Å². The zero-order valence-electron chi connectivity index (χ0n) is 13.3. The summed E-state index contributed by atoms with van der Waals surface area (Å²) in [5, 5.41) is 0. The number of nitrogens with zero attached hydrogens (tertiary/aromatic N) is 1. The number of carbonyl (C=O) groups is 1. The first-order chi connectivity index (χ1) is 10.5. The van der Waals surface area contributed by atoms with E-state index in [4.69, 9.17) is 10.5 Å². The summed E-state index contributed by atoms with van der Waals surface area (Å²) in [5.74, 6) is -0.0657. The lowest BCUT2D eigenvalue weighted by molar-refractivity contribution is -0.140. The van der Waals surface area contributed by atoms with Gasteiger partial charge in [0.25, 0.3) is 5.91 Å². The molecule has 1 aromatic rings. The Morgan fingerprint density at radius 2 is 2.23 bits per heavy atom. The average molecular weight is 308 g/mol.